The number of methoxy groups -OCH3 is 1. The lowest BCUT2D eigenvalue weighted by atomic mass is 10.3. The topological polar surface area (TPSA) is 103 Å². The van der Waals surface area contributed by atoms with Gasteiger partial charge in [-0.3, -0.25) is 4.57 Å². The zero-order chi connectivity index (χ0) is 19.5. The van der Waals surface area contributed by atoms with Crippen LogP contribution in [-0.2, 0) is 5.75 Å². The normalized spacial score (nSPS) is 10.9. The second kappa shape index (κ2) is 7.87. The molecular weight excluding hydrogens is 400 g/mol. The monoisotopic (exact) mass is 414 g/mol. The highest BCUT2D eigenvalue weighted by Gasteiger charge is 2.21. The third kappa shape index (κ3) is 3.51. The van der Waals surface area contributed by atoms with Crippen LogP contribution >= 0.6 is 23.1 Å². The lowest BCUT2D eigenvalue weighted by molar-refractivity contribution is 0.0691. The van der Waals surface area contributed by atoms with Crippen molar-refractivity contribution in [1.82, 2.24) is 19.7 Å². The van der Waals surface area contributed by atoms with Crippen LogP contribution in [-0.4, -0.2) is 37.9 Å². The second-order valence-electron chi connectivity index (χ2n) is 5.51. The maximum absolute atomic E-state index is 11.0. The van der Waals surface area contributed by atoms with Gasteiger partial charge in [0.25, 0.3) is 0 Å². The minimum atomic E-state index is -1.04. The van der Waals surface area contributed by atoms with Gasteiger partial charge in [0.05, 0.1) is 24.8 Å². The molecule has 0 aliphatic carbocycles. The summed E-state index contributed by atoms with van der Waals surface area (Å²) >= 11 is 2.70. The molecule has 3 aromatic heterocycles. The highest BCUT2D eigenvalue weighted by Crippen LogP contribution is 2.34. The number of hydrogen-bond donors (Lipinski definition) is 1. The maximum Gasteiger partial charge on any atom is 0.355 e. The average molecular weight is 414 g/mol. The molecule has 1 aromatic carbocycles. The van der Waals surface area contributed by atoms with E-state index in [4.69, 9.17) is 14.3 Å². The number of hydrogen-bond acceptors (Lipinski definition) is 8. The lowest BCUT2D eigenvalue weighted by Gasteiger charge is -2.12. The number of rotatable bonds is 7. The van der Waals surface area contributed by atoms with Crippen LogP contribution in [0.4, 0.5) is 0 Å². The molecule has 142 valence electrons. The first-order chi connectivity index (χ1) is 13.7. The molecule has 3 heterocycles. The molecule has 0 aliphatic rings. The van der Waals surface area contributed by atoms with Crippen LogP contribution in [0.1, 0.15) is 15.5 Å². The number of benzene rings is 1. The molecule has 0 bridgehead atoms. The van der Waals surface area contributed by atoms with Gasteiger partial charge in [-0.1, -0.05) is 23.9 Å². The minimum Gasteiger partial charge on any atom is -0.495 e. The fourth-order valence-corrected chi connectivity index (χ4v) is 4.29. The molecule has 0 saturated heterocycles. The van der Waals surface area contributed by atoms with Crippen molar-refractivity contribution in [2.24, 2.45) is 0 Å². The third-order valence-corrected chi connectivity index (χ3v) is 5.77. The van der Waals surface area contributed by atoms with Crippen LogP contribution in [0.3, 0.4) is 0 Å². The van der Waals surface area contributed by atoms with Crippen LogP contribution in [0.5, 0.6) is 5.75 Å². The summed E-state index contributed by atoms with van der Waals surface area (Å²) in [6, 6.07) is 11.1. The Balaban J connectivity index is 1.72. The molecule has 28 heavy (non-hydrogen) atoms. The largest absolute Gasteiger partial charge is 0.495 e. The second-order valence-corrected chi connectivity index (χ2v) is 7.40. The summed E-state index contributed by atoms with van der Waals surface area (Å²) in [6.45, 7) is 0. The van der Waals surface area contributed by atoms with E-state index in [1.54, 1.807) is 19.4 Å². The Hall–Kier alpha value is -3.11. The van der Waals surface area contributed by atoms with E-state index in [1.807, 2.05) is 34.9 Å². The van der Waals surface area contributed by atoms with Crippen molar-refractivity contribution < 1.29 is 19.1 Å². The van der Waals surface area contributed by atoms with Crippen molar-refractivity contribution in [2.75, 3.05) is 7.11 Å². The third-order valence-electron chi connectivity index (χ3n) is 3.80. The highest BCUT2D eigenvalue weighted by atomic mass is 32.2. The predicted octanol–water partition coefficient (Wildman–Crippen LogP) is 3.98. The van der Waals surface area contributed by atoms with Crippen LogP contribution in [0.2, 0.25) is 0 Å². The van der Waals surface area contributed by atoms with Gasteiger partial charge < -0.3 is 14.3 Å². The summed E-state index contributed by atoms with van der Waals surface area (Å²) in [6.07, 6.45) is 1.58. The van der Waals surface area contributed by atoms with Gasteiger partial charge in [0.2, 0.25) is 5.82 Å². The minimum absolute atomic E-state index is 0.0445. The molecule has 0 radical (unpaired) electrons. The van der Waals surface area contributed by atoms with Crippen molar-refractivity contribution in [3.8, 4) is 23.0 Å². The molecule has 0 aliphatic heterocycles. The molecule has 8 nitrogen and oxygen atoms in total. The number of carboxylic acid groups (broad SMARTS) is 1. The van der Waals surface area contributed by atoms with E-state index in [1.165, 1.54) is 28.5 Å². The molecule has 0 saturated carbocycles. The Kier molecular flexibility index (Phi) is 5.13. The van der Waals surface area contributed by atoms with E-state index in [0.29, 0.717) is 33.3 Å². The fourth-order valence-electron chi connectivity index (χ4n) is 2.56. The number of thioether (sulfide) groups is 1. The van der Waals surface area contributed by atoms with E-state index in [2.05, 4.69) is 15.2 Å². The molecule has 0 atom stereocenters. The Morgan fingerprint density at radius 2 is 2.14 bits per heavy atom. The summed E-state index contributed by atoms with van der Waals surface area (Å²) in [4.78, 5) is 15.1. The number of aromatic carboxylic acids is 1. The molecule has 0 unspecified atom stereocenters. The smallest absolute Gasteiger partial charge is 0.355 e. The quantitative estimate of drug-likeness (QED) is 0.453. The summed E-state index contributed by atoms with van der Waals surface area (Å²) in [5.41, 5.74) is 0.817. The van der Waals surface area contributed by atoms with E-state index in [9.17, 15) is 4.79 Å². The molecule has 0 spiro atoms. The zero-order valence-electron chi connectivity index (χ0n) is 14.6. The first kappa shape index (κ1) is 18.3. The standard InChI is InChI=1S/C18H14N4O4S2/c1-25-13-6-3-2-5-12(13)22-16(14-7-4-8-26-14)20-21-18(22)28-10-15-19-11(9-27-15)17(23)24/h2-9H,10H2,1H3,(H,23,24). The van der Waals surface area contributed by atoms with E-state index < -0.39 is 5.97 Å². The molecule has 4 rings (SSSR count). The van der Waals surface area contributed by atoms with Crippen LogP contribution in [0.25, 0.3) is 17.3 Å². The number of nitrogens with zero attached hydrogens (tertiary/aromatic N) is 4. The first-order valence-electron chi connectivity index (χ1n) is 8.10. The fraction of sp³-hybridized carbons (Fsp3) is 0.111. The van der Waals surface area contributed by atoms with Gasteiger partial charge in [-0.2, -0.15) is 0 Å². The maximum atomic E-state index is 11.0. The van der Waals surface area contributed by atoms with Gasteiger partial charge in [0.1, 0.15) is 10.8 Å². The molecule has 4 aromatic rings. The van der Waals surface area contributed by atoms with E-state index in [-0.39, 0.29) is 5.69 Å². The Labute approximate surface area is 167 Å². The number of para-hydroxylation sites is 2. The number of ether oxygens (including phenoxy) is 1. The Morgan fingerprint density at radius 1 is 1.29 bits per heavy atom. The molecule has 1 N–H and O–H groups in total. The number of furan rings is 1. The highest BCUT2D eigenvalue weighted by molar-refractivity contribution is 7.98. The first-order valence-corrected chi connectivity index (χ1v) is 9.97. The van der Waals surface area contributed by atoms with Gasteiger partial charge in [-0.15, -0.1) is 21.5 Å². The van der Waals surface area contributed by atoms with Crippen molar-refractivity contribution >= 4 is 29.1 Å². The van der Waals surface area contributed by atoms with Crippen molar-refractivity contribution in [3.63, 3.8) is 0 Å². The van der Waals surface area contributed by atoms with Crippen molar-refractivity contribution in [2.45, 2.75) is 10.9 Å². The molecule has 0 fully saturated rings. The van der Waals surface area contributed by atoms with Crippen LogP contribution < -0.4 is 4.74 Å². The summed E-state index contributed by atoms with van der Waals surface area (Å²) < 4.78 is 12.9. The Morgan fingerprint density at radius 3 is 2.86 bits per heavy atom. The van der Waals surface area contributed by atoms with Gasteiger partial charge in [0, 0.05) is 5.38 Å². The van der Waals surface area contributed by atoms with Gasteiger partial charge in [-0.05, 0) is 24.3 Å². The van der Waals surface area contributed by atoms with Gasteiger partial charge >= 0.3 is 5.97 Å². The zero-order valence-corrected chi connectivity index (χ0v) is 16.2. The lowest BCUT2D eigenvalue weighted by Crippen LogP contribution is -2.02. The number of carbonyl (C=O) groups is 1. The Bertz CT molecular complexity index is 1100. The van der Waals surface area contributed by atoms with Gasteiger partial charge in [0.15, 0.2) is 16.6 Å². The number of aromatic nitrogens is 4. The summed E-state index contributed by atoms with van der Waals surface area (Å²) in [5.74, 6) is 1.21. The van der Waals surface area contributed by atoms with E-state index in [0.717, 1.165) is 5.69 Å². The number of thiazole rings is 1. The van der Waals surface area contributed by atoms with Gasteiger partial charge in [-0.25, -0.2) is 9.78 Å². The van der Waals surface area contributed by atoms with E-state index >= 15 is 0 Å². The number of carboxylic acids is 1. The van der Waals surface area contributed by atoms with Crippen LogP contribution in [0.15, 0.2) is 57.6 Å². The molecular formula is C18H14N4O4S2. The average Bonchev–Trinajstić information content (AvgIpc) is 3.46. The summed E-state index contributed by atoms with van der Waals surface area (Å²) in [5, 5.41) is 20.4. The molecule has 10 heteroatoms. The SMILES string of the molecule is COc1ccccc1-n1c(SCc2nc(C(=O)O)cs2)nnc1-c1ccco1. The predicted molar refractivity (Wildman–Crippen MR) is 104 cm³/mol. The molecule has 0 amide bonds. The van der Waals surface area contributed by atoms with Crippen LogP contribution in [0, 0.1) is 0 Å². The van der Waals surface area contributed by atoms with Crippen molar-refractivity contribution in [3.05, 3.63) is 58.7 Å². The summed E-state index contributed by atoms with van der Waals surface area (Å²) in [7, 11) is 1.60. The van der Waals surface area contributed by atoms with Crippen molar-refractivity contribution in [1.29, 1.82) is 0 Å².